The van der Waals surface area contributed by atoms with E-state index in [2.05, 4.69) is 69.4 Å². The summed E-state index contributed by atoms with van der Waals surface area (Å²) in [6.45, 7) is 4.40. The Morgan fingerprint density at radius 2 is 1.60 bits per heavy atom. The van der Waals surface area contributed by atoms with E-state index in [1.807, 2.05) is 18.2 Å². The Balaban J connectivity index is 1.33. The monoisotopic (exact) mass is 565 g/mol. The first kappa shape index (κ1) is 28.0. The fraction of sp³-hybridized carbons (Fsp3) is 0.455. The predicted octanol–water partition coefficient (Wildman–Crippen LogP) is 6.18. The third-order valence-electron chi connectivity index (χ3n) is 8.72. The molecular weight excluding hydrogens is 526 g/mol. The Morgan fingerprint density at radius 1 is 0.881 bits per heavy atom. The number of fused-ring (bicyclic) bond motifs is 1. The molecule has 1 N–H and O–H groups in total. The summed E-state index contributed by atoms with van der Waals surface area (Å²) in [5.41, 5.74) is 6.54. The van der Waals surface area contributed by atoms with Crippen molar-refractivity contribution in [2.75, 3.05) is 0 Å². The maximum Gasteiger partial charge on any atom is 0.230 e. The third kappa shape index (κ3) is 5.40. The number of carbonyl (C=O) groups is 2. The van der Waals surface area contributed by atoms with Crippen LogP contribution in [-0.2, 0) is 28.9 Å². The van der Waals surface area contributed by atoms with Gasteiger partial charge in [0.25, 0.3) is 0 Å². The fourth-order valence-electron chi connectivity index (χ4n) is 6.65. The number of imidazole rings is 1. The number of hydrogen-bond donors (Lipinski definition) is 1. The lowest BCUT2D eigenvalue weighted by molar-refractivity contribution is -0.142. The Labute approximate surface area is 246 Å². The molecule has 6 rings (SSSR count). The molecule has 218 valence electrons. The number of unbranched alkanes of at least 4 members (excludes halogenated alkanes) is 2. The Bertz CT molecular complexity index is 1530. The minimum Gasteiger partial charge on any atom is -0.326 e. The van der Waals surface area contributed by atoms with Crippen LogP contribution in [0.5, 0.6) is 0 Å². The van der Waals surface area contributed by atoms with E-state index in [0.29, 0.717) is 18.7 Å². The van der Waals surface area contributed by atoms with Crippen LogP contribution in [0.15, 0.2) is 48.5 Å². The number of carbonyl (C=O) groups excluding carboxylic acids is 2. The summed E-state index contributed by atoms with van der Waals surface area (Å²) < 4.78 is 2.44. The molecule has 1 fully saturated rings. The molecule has 2 aliphatic rings. The fourth-order valence-corrected chi connectivity index (χ4v) is 6.65. The molecule has 2 aromatic carbocycles. The molecule has 9 heteroatoms. The maximum atomic E-state index is 12.9. The highest BCUT2D eigenvalue weighted by molar-refractivity contribution is 6.02. The number of imide groups is 1. The van der Waals surface area contributed by atoms with Crippen molar-refractivity contribution in [1.82, 2.24) is 35.1 Å². The van der Waals surface area contributed by atoms with E-state index in [1.165, 1.54) is 5.56 Å². The van der Waals surface area contributed by atoms with Crippen LogP contribution < -0.4 is 0 Å². The van der Waals surface area contributed by atoms with E-state index >= 15 is 0 Å². The van der Waals surface area contributed by atoms with E-state index in [-0.39, 0.29) is 23.9 Å². The molecule has 0 spiro atoms. The number of rotatable bonds is 11. The number of likely N-dealkylation sites (tertiary alicyclic amines) is 1. The van der Waals surface area contributed by atoms with Gasteiger partial charge < -0.3 is 4.57 Å². The topological polar surface area (TPSA) is 110 Å². The highest BCUT2D eigenvalue weighted by Gasteiger charge is 2.42. The molecule has 4 heterocycles. The zero-order valence-electron chi connectivity index (χ0n) is 24.6. The molecule has 2 amide bonds. The smallest absolute Gasteiger partial charge is 0.230 e. The zero-order chi connectivity index (χ0) is 29.1. The predicted molar refractivity (Wildman–Crippen MR) is 160 cm³/mol. The third-order valence-corrected chi connectivity index (χ3v) is 8.72. The van der Waals surface area contributed by atoms with Gasteiger partial charge in [-0.25, -0.2) is 4.98 Å². The second-order valence-electron chi connectivity index (χ2n) is 11.5. The van der Waals surface area contributed by atoms with Crippen LogP contribution in [0.1, 0.15) is 100 Å². The standard InChI is InChI=1S/C33H39N7O2/c1-3-5-11-27-32-28(40-30(41)19-20-31(40)42)18-17-24(39(32)29(34-27)12-6-4-2)21-22-13-15-23(16-14-22)25-9-7-8-10-26(25)33-35-37-38-36-33/h7-10,13-16,24,28H,3-6,11-12,17-21H2,1-2H3,(H,35,36,37,38). The first-order valence-electron chi connectivity index (χ1n) is 15.5. The Kier molecular flexibility index (Phi) is 8.26. The van der Waals surface area contributed by atoms with Gasteiger partial charge in [0.05, 0.1) is 17.4 Å². The van der Waals surface area contributed by atoms with E-state index in [4.69, 9.17) is 4.98 Å². The molecule has 0 saturated carbocycles. The first-order chi connectivity index (χ1) is 20.6. The van der Waals surface area contributed by atoms with E-state index in [9.17, 15) is 9.59 Å². The van der Waals surface area contributed by atoms with Crippen LogP contribution in [0.2, 0.25) is 0 Å². The van der Waals surface area contributed by atoms with Gasteiger partial charge >= 0.3 is 0 Å². The molecule has 2 aliphatic heterocycles. The molecule has 0 radical (unpaired) electrons. The molecule has 2 unspecified atom stereocenters. The van der Waals surface area contributed by atoms with Crippen molar-refractivity contribution in [2.45, 2.75) is 96.6 Å². The summed E-state index contributed by atoms with van der Waals surface area (Å²) in [7, 11) is 0. The first-order valence-corrected chi connectivity index (χ1v) is 15.5. The molecule has 4 aromatic rings. The van der Waals surface area contributed by atoms with Crippen molar-refractivity contribution in [1.29, 1.82) is 0 Å². The number of benzene rings is 2. The molecule has 1 saturated heterocycles. The quantitative estimate of drug-likeness (QED) is 0.217. The number of aromatic amines is 1. The van der Waals surface area contributed by atoms with Crippen LogP contribution in [0.4, 0.5) is 0 Å². The van der Waals surface area contributed by atoms with Crippen molar-refractivity contribution >= 4 is 11.8 Å². The van der Waals surface area contributed by atoms with Crippen LogP contribution >= 0.6 is 0 Å². The van der Waals surface area contributed by atoms with E-state index in [1.54, 1.807) is 4.90 Å². The highest BCUT2D eigenvalue weighted by Crippen LogP contribution is 2.43. The number of aromatic nitrogens is 6. The van der Waals surface area contributed by atoms with Gasteiger partial charge in [0.2, 0.25) is 17.6 Å². The molecular formula is C33H39N7O2. The number of nitrogens with zero attached hydrogens (tertiary/aromatic N) is 6. The second-order valence-corrected chi connectivity index (χ2v) is 11.5. The molecule has 0 bridgehead atoms. The van der Waals surface area contributed by atoms with Crippen LogP contribution in [0, 0.1) is 0 Å². The summed E-state index contributed by atoms with van der Waals surface area (Å²) >= 11 is 0. The maximum absolute atomic E-state index is 12.9. The minimum atomic E-state index is -0.206. The number of amides is 2. The Morgan fingerprint density at radius 3 is 2.29 bits per heavy atom. The van der Waals surface area contributed by atoms with Gasteiger partial charge in [-0.1, -0.05) is 75.2 Å². The van der Waals surface area contributed by atoms with Crippen molar-refractivity contribution in [3.05, 3.63) is 71.3 Å². The molecule has 0 aliphatic carbocycles. The number of nitrogens with one attached hydrogen (secondary N) is 1. The average molecular weight is 566 g/mol. The summed E-state index contributed by atoms with van der Waals surface area (Å²) in [6.07, 6.45) is 9.28. The minimum absolute atomic E-state index is 0.0376. The van der Waals surface area contributed by atoms with Crippen LogP contribution in [0.3, 0.4) is 0 Å². The van der Waals surface area contributed by atoms with Gasteiger partial charge in [-0.15, -0.1) is 10.2 Å². The number of hydrogen-bond acceptors (Lipinski definition) is 6. The number of aryl methyl sites for hydroxylation is 2. The Hall–Kier alpha value is -4.14. The summed E-state index contributed by atoms with van der Waals surface area (Å²) in [4.78, 5) is 32.5. The summed E-state index contributed by atoms with van der Waals surface area (Å²) in [5.74, 6) is 1.61. The summed E-state index contributed by atoms with van der Waals surface area (Å²) in [6, 6.07) is 16.9. The number of tetrazole rings is 1. The van der Waals surface area contributed by atoms with Crippen LogP contribution in [0.25, 0.3) is 22.5 Å². The van der Waals surface area contributed by atoms with Crippen LogP contribution in [-0.4, -0.2) is 46.9 Å². The SMILES string of the molecule is CCCCc1nc(CCCC)n2c1C(N1C(=O)CCC1=O)CCC2Cc1ccc(-c2ccccc2-c2nn[nH]n2)cc1. The molecule has 42 heavy (non-hydrogen) atoms. The van der Waals surface area contributed by atoms with E-state index < -0.39 is 0 Å². The van der Waals surface area contributed by atoms with Crippen molar-refractivity contribution in [2.24, 2.45) is 0 Å². The normalized spacial score (nSPS) is 18.6. The number of H-pyrrole nitrogens is 1. The largest absolute Gasteiger partial charge is 0.326 e. The lowest BCUT2D eigenvalue weighted by Gasteiger charge is -2.37. The van der Waals surface area contributed by atoms with Gasteiger partial charge in [0.15, 0.2) is 0 Å². The van der Waals surface area contributed by atoms with Gasteiger partial charge in [0, 0.05) is 30.9 Å². The van der Waals surface area contributed by atoms with Crippen molar-refractivity contribution in [3.63, 3.8) is 0 Å². The van der Waals surface area contributed by atoms with Crippen molar-refractivity contribution < 1.29 is 9.59 Å². The lowest BCUT2D eigenvalue weighted by Crippen LogP contribution is -2.38. The average Bonchev–Trinajstić information content (AvgIpc) is 3.76. The second kappa shape index (κ2) is 12.4. The van der Waals surface area contributed by atoms with Gasteiger partial charge in [-0.3, -0.25) is 14.5 Å². The van der Waals surface area contributed by atoms with Gasteiger partial charge in [-0.2, -0.15) is 5.21 Å². The molecule has 2 aromatic heterocycles. The lowest BCUT2D eigenvalue weighted by atomic mass is 9.90. The van der Waals surface area contributed by atoms with Gasteiger partial charge in [0.1, 0.15) is 5.82 Å². The zero-order valence-corrected chi connectivity index (χ0v) is 24.6. The van der Waals surface area contributed by atoms with Gasteiger partial charge in [-0.05, 0) is 60.4 Å². The van der Waals surface area contributed by atoms with Crippen molar-refractivity contribution in [3.8, 4) is 22.5 Å². The molecule has 9 nitrogen and oxygen atoms in total. The van der Waals surface area contributed by atoms with E-state index in [0.717, 1.165) is 91.7 Å². The summed E-state index contributed by atoms with van der Waals surface area (Å²) in [5, 5.41) is 14.6. The highest BCUT2D eigenvalue weighted by atomic mass is 16.2. The molecule has 2 atom stereocenters.